The van der Waals surface area contributed by atoms with Crippen LogP contribution < -0.4 is 0 Å². The van der Waals surface area contributed by atoms with Crippen LogP contribution in [0.4, 0.5) is 0 Å². The maximum Gasteiger partial charge on any atom is 2.00 e. The van der Waals surface area contributed by atoms with Gasteiger partial charge in [-0.05, 0) is 69.9 Å². The summed E-state index contributed by atoms with van der Waals surface area (Å²) < 4.78 is 0. The SMILES string of the molecule is [CH]1[CH][CH][CH][CH]1.[CH]1[CH][CH][C](/C=C/c2ccncn2)[CH]1.[Fe+2]. The Kier molecular flexibility index (Phi) is 8.77. The average Bonchev–Trinajstić information content (AvgIpc) is 3.13. The predicted octanol–water partition coefficient (Wildman–Crippen LogP) is 2.91. The third kappa shape index (κ3) is 6.89. The van der Waals surface area contributed by atoms with E-state index in [9.17, 15) is 0 Å². The first kappa shape index (κ1) is 16.4. The Morgan fingerprint density at radius 3 is 1.95 bits per heavy atom. The summed E-state index contributed by atoms with van der Waals surface area (Å²) in [7, 11) is 0. The molecular formula is C16H14FeN2+2. The van der Waals surface area contributed by atoms with Gasteiger partial charge in [-0.25, -0.2) is 9.97 Å². The van der Waals surface area contributed by atoms with Crippen LogP contribution in [-0.2, 0) is 17.1 Å². The molecule has 1 aromatic heterocycles. The number of nitrogens with zero attached hydrogens (tertiary/aromatic N) is 2. The summed E-state index contributed by atoms with van der Waals surface area (Å²) in [5.41, 5.74) is 0.927. The zero-order valence-electron chi connectivity index (χ0n) is 10.3. The Morgan fingerprint density at radius 1 is 0.789 bits per heavy atom. The van der Waals surface area contributed by atoms with Crippen LogP contribution in [0.1, 0.15) is 5.69 Å². The number of rotatable bonds is 2. The largest absolute Gasteiger partial charge is 2.00 e. The molecule has 2 nitrogen and oxygen atoms in total. The first-order valence-electron chi connectivity index (χ1n) is 5.77. The van der Waals surface area contributed by atoms with E-state index in [1.165, 1.54) is 5.92 Å². The Bertz CT molecular complexity index is 333. The van der Waals surface area contributed by atoms with E-state index in [0.717, 1.165) is 5.69 Å². The molecule has 19 heavy (non-hydrogen) atoms. The standard InChI is InChI=1S/C11H9N2.C5H5.Fe/c1-2-4-10(3-1)5-6-11-7-8-12-9-13-11;1-2-4-5-3-1;/h1-9H;1-5H;/q;;+2/b6-5+;;. The van der Waals surface area contributed by atoms with Gasteiger partial charge in [-0.2, -0.15) is 0 Å². The zero-order valence-corrected chi connectivity index (χ0v) is 11.4. The molecule has 0 amide bonds. The molecule has 2 aliphatic carbocycles. The quantitative estimate of drug-likeness (QED) is 0.783. The molecule has 0 spiro atoms. The maximum atomic E-state index is 4.08. The van der Waals surface area contributed by atoms with Gasteiger partial charge in [-0.3, -0.25) is 0 Å². The molecule has 2 aliphatic rings. The van der Waals surface area contributed by atoms with Gasteiger partial charge in [0.25, 0.3) is 0 Å². The fourth-order valence-electron chi connectivity index (χ4n) is 1.40. The molecule has 0 unspecified atom stereocenters. The van der Waals surface area contributed by atoms with Crippen LogP contribution >= 0.6 is 0 Å². The smallest absolute Gasteiger partial charge is 0.245 e. The third-order valence-electron chi connectivity index (χ3n) is 2.30. The van der Waals surface area contributed by atoms with Crippen LogP contribution in [0.3, 0.4) is 0 Å². The molecular weight excluding hydrogens is 276 g/mol. The molecule has 0 atom stereocenters. The summed E-state index contributed by atoms with van der Waals surface area (Å²) in [6, 6.07) is 1.87. The molecule has 94 valence electrons. The van der Waals surface area contributed by atoms with Crippen LogP contribution in [0, 0.1) is 63.7 Å². The molecule has 0 aliphatic heterocycles. The van der Waals surface area contributed by atoms with E-state index in [0.29, 0.717) is 0 Å². The van der Waals surface area contributed by atoms with Gasteiger partial charge in [0.2, 0.25) is 0 Å². The van der Waals surface area contributed by atoms with Crippen molar-refractivity contribution in [2.75, 3.05) is 0 Å². The van der Waals surface area contributed by atoms with Gasteiger partial charge in [-0.15, -0.1) is 0 Å². The summed E-state index contributed by atoms with van der Waals surface area (Å²) in [4.78, 5) is 7.93. The van der Waals surface area contributed by atoms with Gasteiger partial charge in [0.05, 0.1) is 5.69 Å². The van der Waals surface area contributed by atoms with Gasteiger partial charge in [0.15, 0.2) is 0 Å². The fourth-order valence-corrected chi connectivity index (χ4v) is 1.40. The fraction of sp³-hybridized carbons (Fsp3) is 0. The molecule has 2 saturated carbocycles. The van der Waals surface area contributed by atoms with E-state index in [-0.39, 0.29) is 17.1 Å². The van der Waals surface area contributed by atoms with Crippen molar-refractivity contribution in [1.29, 1.82) is 0 Å². The van der Waals surface area contributed by atoms with Crippen LogP contribution in [0.25, 0.3) is 6.08 Å². The molecule has 3 heteroatoms. The minimum atomic E-state index is 0. The van der Waals surface area contributed by atoms with Crippen molar-refractivity contribution in [2.45, 2.75) is 0 Å². The summed E-state index contributed by atoms with van der Waals surface area (Å²) in [5, 5.41) is 0. The number of allylic oxidation sites excluding steroid dienone is 1. The van der Waals surface area contributed by atoms with Crippen molar-refractivity contribution in [3.8, 4) is 0 Å². The third-order valence-corrected chi connectivity index (χ3v) is 2.30. The first-order chi connectivity index (χ1) is 8.95. The van der Waals surface area contributed by atoms with E-state index in [4.69, 9.17) is 0 Å². The Hall–Kier alpha value is -0.661. The second kappa shape index (κ2) is 10.2. The normalized spacial score (nSPS) is 18.9. The van der Waals surface area contributed by atoms with Crippen molar-refractivity contribution in [1.82, 2.24) is 9.97 Å². The summed E-state index contributed by atoms with van der Waals surface area (Å²) in [5.74, 6) is 1.19. The molecule has 1 heterocycles. The Labute approximate surface area is 127 Å². The average molecular weight is 290 g/mol. The van der Waals surface area contributed by atoms with E-state index in [2.05, 4.69) is 22.8 Å². The van der Waals surface area contributed by atoms with Crippen LogP contribution in [0.5, 0.6) is 0 Å². The topological polar surface area (TPSA) is 25.8 Å². The summed E-state index contributed by atoms with van der Waals surface area (Å²) in [6.07, 6.45) is 25.4. The molecule has 1 aromatic rings. The second-order valence-electron chi connectivity index (χ2n) is 3.65. The monoisotopic (exact) mass is 290 g/mol. The van der Waals surface area contributed by atoms with Gasteiger partial charge < -0.3 is 0 Å². The van der Waals surface area contributed by atoms with E-state index in [1.54, 1.807) is 12.5 Å². The number of hydrogen-bond acceptors (Lipinski definition) is 2. The second-order valence-corrected chi connectivity index (χ2v) is 3.65. The molecule has 10 radical (unpaired) electrons. The Morgan fingerprint density at radius 2 is 1.42 bits per heavy atom. The van der Waals surface area contributed by atoms with Crippen molar-refractivity contribution in [3.05, 3.63) is 94.1 Å². The van der Waals surface area contributed by atoms with Crippen LogP contribution in [-0.4, -0.2) is 9.97 Å². The van der Waals surface area contributed by atoms with E-state index < -0.39 is 0 Å². The molecule has 0 saturated heterocycles. The van der Waals surface area contributed by atoms with Crippen molar-refractivity contribution < 1.29 is 17.1 Å². The van der Waals surface area contributed by atoms with Crippen LogP contribution in [0.2, 0.25) is 0 Å². The molecule has 3 rings (SSSR count). The first-order valence-corrected chi connectivity index (χ1v) is 5.77. The number of hydrogen-bond donors (Lipinski definition) is 0. The Balaban J connectivity index is 0.000000256. The van der Waals surface area contributed by atoms with Crippen molar-refractivity contribution >= 4 is 6.08 Å². The van der Waals surface area contributed by atoms with Gasteiger partial charge in [-0.1, -0.05) is 6.08 Å². The van der Waals surface area contributed by atoms with E-state index in [1.807, 2.05) is 63.2 Å². The van der Waals surface area contributed by atoms with E-state index >= 15 is 0 Å². The summed E-state index contributed by atoms with van der Waals surface area (Å²) >= 11 is 0. The minimum absolute atomic E-state index is 0. The van der Waals surface area contributed by atoms with Crippen LogP contribution in [0.15, 0.2) is 24.7 Å². The minimum Gasteiger partial charge on any atom is -0.245 e. The van der Waals surface area contributed by atoms with Gasteiger partial charge >= 0.3 is 17.1 Å². The molecule has 0 bridgehead atoms. The number of aromatic nitrogens is 2. The summed E-state index contributed by atoms with van der Waals surface area (Å²) in [6.45, 7) is 0. The van der Waals surface area contributed by atoms with Crippen molar-refractivity contribution in [3.63, 3.8) is 0 Å². The molecule has 0 N–H and O–H groups in total. The zero-order chi connectivity index (χ0) is 12.5. The maximum absolute atomic E-state index is 4.08. The molecule has 2 fully saturated rings. The van der Waals surface area contributed by atoms with Gasteiger partial charge in [0.1, 0.15) is 6.33 Å². The van der Waals surface area contributed by atoms with Crippen molar-refractivity contribution in [2.24, 2.45) is 0 Å². The molecule has 0 aromatic carbocycles. The predicted molar refractivity (Wildman–Crippen MR) is 73.0 cm³/mol. The van der Waals surface area contributed by atoms with Gasteiger partial charge in [0, 0.05) is 12.1 Å².